The van der Waals surface area contributed by atoms with Crippen molar-refractivity contribution in [1.29, 1.82) is 5.26 Å². The van der Waals surface area contributed by atoms with E-state index in [1.807, 2.05) is 32.0 Å². The standard InChI is InChI=1S/C17H15N3O2/c1-11-6-7-12(2)15(8-11)20-17(22)16(21)19-14-5-3-4-13(9-14)10-18/h3-9H,1-2H3,(H,19,21)(H,20,22). The van der Waals surface area contributed by atoms with Gasteiger partial charge in [-0.15, -0.1) is 0 Å². The highest BCUT2D eigenvalue weighted by Crippen LogP contribution is 2.16. The van der Waals surface area contributed by atoms with E-state index in [0.29, 0.717) is 16.9 Å². The number of hydrogen-bond donors (Lipinski definition) is 2. The third kappa shape index (κ3) is 3.70. The third-order valence-corrected chi connectivity index (χ3v) is 3.10. The minimum absolute atomic E-state index is 0.403. The van der Waals surface area contributed by atoms with Crippen LogP contribution in [-0.4, -0.2) is 11.8 Å². The van der Waals surface area contributed by atoms with E-state index in [-0.39, 0.29) is 0 Å². The molecule has 2 aromatic rings. The lowest BCUT2D eigenvalue weighted by Gasteiger charge is -2.09. The molecule has 110 valence electrons. The Labute approximate surface area is 128 Å². The van der Waals surface area contributed by atoms with E-state index in [2.05, 4.69) is 10.6 Å². The molecular formula is C17H15N3O2. The molecule has 0 aliphatic rings. The average molecular weight is 293 g/mol. The molecule has 0 aromatic heterocycles. The first-order valence-corrected chi connectivity index (χ1v) is 6.69. The predicted octanol–water partition coefficient (Wildman–Crippen LogP) is 2.75. The van der Waals surface area contributed by atoms with Gasteiger partial charge in [-0.1, -0.05) is 18.2 Å². The summed E-state index contributed by atoms with van der Waals surface area (Å²) in [6.07, 6.45) is 0. The molecule has 5 nitrogen and oxygen atoms in total. The van der Waals surface area contributed by atoms with Crippen molar-refractivity contribution in [2.45, 2.75) is 13.8 Å². The highest BCUT2D eigenvalue weighted by Gasteiger charge is 2.15. The van der Waals surface area contributed by atoms with E-state index < -0.39 is 11.8 Å². The summed E-state index contributed by atoms with van der Waals surface area (Å²) >= 11 is 0. The number of benzene rings is 2. The molecule has 5 heteroatoms. The van der Waals surface area contributed by atoms with E-state index >= 15 is 0 Å². The van der Waals surface area contributed by atoms with Crippen LogP contribution < -0.4 is 10.6 Å². The molecule has 22 heavy (non-hydrogen) atoms. The lowest BCUT2D eigenvalue weighted by Crippen LogP contribution is -2.29. The Morgan fingerprint density at radius 2 is 1.73 bits per heavy atom. The number of rotatable bonds is 2. The Bertz CT molecular complexity index is 776. The van der Waals surface area contributed by atoms with Gasteiger partial charge in [0.2, 0.25) is 0 Å². The van der Waals surface area contributed by atoms with Crippen molar-refractivity contribution >= 4 is 23.2 Å². The van der Waals surface area contributed by atoms with E-state index in [0.717, 1.165) is 11.1 Å². The van der Waals surface area contributed by atoms with Crippen molar-refractivity contribution in [3.63, 3.8) is 0 Å². The van der Waals surface area contributed by atoms with Crippen molar-refractivity contribution in [3.05, 3.63) is 59.2 Å². The molecule has 0 unspecified atom stereocenters. The van der Waals surface area contributed by atoms with Crippen LogP contribution >= 0.6 is 0 Å². The van der Waals surface area contributed by atoms with E-state index in [1.165, 1.54) is 6.07 Å². The van der Waals surface area contributed by atoms with Gasteiger partial charge in [-0.05, 0) is 49.2 Å². The molecule has 2 aromatic carbocycles. The summed E-state index contributed by atoms with van der Waals surface area (Å²) in [6, 6.07) is 13.9. The number of nitriles is 1. The lowest BCUT2D eigenvalue weighted by molar-refractivity contribution is -0.133. The molecule has 0 bridgehead atoms. The van der Waals surface area contributed by atoms with Gasteiger partial charge in [-0.25, -0.2) is 0 Å². The SMILES string of the molecule is Cc1ccc(C)c(NC(=O)C(=O)Nc2cccc(C#N)c2)c1. The third-order valence-electron chi connectivity index (χ3n) is 3.10. The molecule has 2 amide bonds. The van der Waals surface area contributed by atoms with Crippen LogP contribution in [0.3, 0.4) is 0 Å². The van der Waals surface area contributed by atoms with E-state index in [9.17, 15) is 9.59 Å². The normalized spacial score (nSPS) is 9.68. The molecule has 0 atom stereocenters. The second kappa shape index (κ2) is 6.55. The van der Waals surface area contributed by atoms with Gasteiger partial charge in [0, 0.05) is 11.4 Å². The topological polar surface area (TPSA) is 82.0 Å². The smallest absolute Gasteiger partial charge is 0.314 e. The van der Waals surface area contributed by atoms with Crippen molar-refractivity contribution in [2.24, 2.45) is 0 Å². The second-order valence-corrected chi connectivity index (χ2v) is 4.92. The first kappa shape index (κ1) is 15.3. The highest BCUT2D eigenvalue weighted by atomic mass is 16.2. The zero-order chi connectivity index (χ0) is 16.1. The van der Waals surface area contributed by atoms with Crippen molar-refractivity contribution in [1.82, 2.24) is 0 Å². The van der Waals surface area contributed by atoms with Gasteiger partial charge in [0.25, 0.3) is 0 Å². The van der Waals surface area contributed by atoms with Gasteiger partial charge < -0.3 is 10.6 Å². The van der Waals surface area contributed by atoms with Crippen LogP contribution in [0.25, 0.3) is 0 Å². The van der Waals surface area contributed by atoms with Crippen LogP contribution in [0.1, 0.15) is 16.7 Å². The summed E-state index contributed by atoms with van der Waals surface area (Å²) in [4.78, 5) is 23.9. The van der Waals surface area contributed by atoms with Crippen molar-refractivity contribution in [2.75, 3.05) is 10.6 Å². The largest absolute Gasteiger partial charge is 0.318 e. The summed E-state index contributed by atoms with van der Waals surface area (Å²) in [7, 11) is 0. The highest BCUT2D eigenvalue weighted by molar-refractivity contribution is 6.43. The Balaban J connectivity index is 2.08. The Morgan fingerprint density at radius 1 is 1.00 bits per heavy atom. The monoisotopic (exact) mass is 293 g/mol. The van der Waals surface area contributed by atoms with Gasteiger partial charge in [0.05, 0.1) is 11.6 Å². The molecule has 2 N–H and O–H groups in total. The maximum absolute atomic E-state index is 11.9. The fourth-order valence-corrected chi connectivity index (χ4v) is 1.90. The zero-order valence-corrected chi connectivity index (χ0v) is 12.3. The van der Waals surface area contributed by atoms with Crippen molar-refractivity contribution in [3.8, 4) is 6.07 Å². The zero-order valence-electron chi connectivity index (χ0n) is 12.3. The van der Waals surface area contributed by atoms with Crippen molar-refractivity contribution < 1.29 is 9.59 Å². The van der Waals surface area contributed by atoms with Crippen LogP contribution in [0.2, 0.25) is 0 Å². The number of carbonyl (C=O) groups is 2. The Kier molecular flexibility index (Phi) is 4.54. The molecule has 0 fully saturated rings. The molecule has 0 aliphatic carbocycles. The first-order chi connectivity index (χ1) is 10.5. The number of carbonyl (C=O) groups excluding carboxylic acids is 2. The molecule has 0 heterocycles. The number of aryl methyl sites for hydroxylation is 2. The number of nitrogens with one attached hydrogen (secondary N) is 2. The van der Waals surface area contributed by atoms with Gasteiger partial charge in [0.15, 0.2) is 0 Å². The Hall–Kier alpha value is -3.13. The number of amides is 2. The van der Waals surface area contributed by atoms with Crippen LogP contribution in [0, 0.1) is 25.2 Å². The minimum atomic E-state index is -0.781. The van der Waals surface area contributed by atoms with Crippen LogP contribution in [0.4, 0.5) is 11.4 Å². The minimum Gasteiger partial charge on any atom is -0.318 e. The molecule has 0 saturated heterocycles. The van der Waals surface area contributed by atoms with Gasteiger partial charge in [0.1, 0.15) is 0 Å². The quantitative estimate of drug-likeness (QED) is 0.835. The fourth-order valence-electron chi connectivity index (χ4n) is 1.90. The summed E-state index contributed by atoms with van der Waals surface area (Å²) in [6.45, 7) is 3.76. The lowest BCUT2D eigenvalue weighted by atomic mass is 10.1. The van der Waals surface area contributed by atoms with E-state index in [1.54, 1.807) is 24.3 Å². The molecule has 2 rings (SSSR count). The summed E-state index contributed by atoms with van der Waals surface area (Å²) in [5.74, 6) is -1.54. The number of anilines is 2. The maximum Gasteiger partial charge on any atom is 0.314 e. The van der Waals surface area contributed by atoms with E-state index in [4.69, 9.17) is 5.26 Å². The van der Waals surface area contributed by atoms with Gasteiger partial charge in [-0.2, -0.15) is 5.26 Å². The summed E-state index contributed by atoms with van der Waals surface area (Å²) in [5.41, 5.74) is 3.28. The van der Waals surface area contributed by atoms with Crippen LogP contribution in [0.5, 0.6) is 0 Å². The molecule has 0 aliphatic heterocycles. The predicted molar refractivity (Wildman–Crippen MR) is 84.3 cm³/mol. The average Bonchev–Trinajstić information content (AvgIpc) is 2.51. The van der Waals surface area contributed by atoms with Gasteiger partial charge in [-0.3, -0.25) is 9.59 Å². The molecule has 0 radical (unpaired) electrons. The molecule has 0 saturated carbocycles. The number of nitrogens with zero attached hydrogens (tertiary/aromatic N) is 1. The second-order valence-electron chi connectivity index (χ2n) is 4.92. The maximum atomic E-state index is 11.9. The van der Waals surface area contributed by atoms with Gasteiger partial charge >= 0.3 is 11.8 Å². The molecular weight excluding hydrogens is 278 g/mol. The van der Waals surface area contributed by atoms with Crippen LogP contribution in [-0.2, 0) is 9.59 Å². The number of hydrogen-bond acceptors (Lipinski definition) is 3. The Morgan fingerprint density at radius 3 is 2.45 bits per heavy atom. The first-order valence-electron chi connectivity index (χ1n) is 6.69. The fraction of sp³-hybridized carbons (Fsp3) is 0.118. The molecule has 0 spiro atoms. The van der Waals surface area contributed by atoms with Crippen LogP contribution in [0.15, 0.2) is 42.5 Å². The summed E-state index contributed by atoms with van der Waals surface area (Å²) < 4.78 is 0. The summed E-state index contributed by atoms with van der Waals surface area (Å²) in [5, 5.41) is 13.9.